The van der Waals surface area contributed by atoms with Crippen LogP contribution in [-0.4, -0.2) is 53.8 Å². The molecule has 0 spiro atoms. The third-order valence-electron chi connectivity index (χ3n) is 5.85. The fourth-order valence-corrected chi connectivity index (χ4v) is 4.55. The molecule has 1 heterocycles. The summed E-state index contributed by atoms with van der Waals surface area (Å²) in [5.74, 6) is -0.512. The van der Waals surface area contributed by atoms with Gasteiger partial charge in [-0.3, -0.25) is 24.1 Å². The molecule has 9 nitrogen and oxygen atoms in total. The van der Waals surface area contributed by atoms with Crippen LogP contribution in [-0.2, 0) is 19.1 Å². The van der Waals surface area contributed by atoms with E-state index >= 15 is 0 Å². The second kappa shape index (κ2) is 13.8. The number of esters is 1. The Hall–Kier alpha value is -3.79. The molecule has 1 fully saturated rings. The van der Waals surface area contributed by atoms with Crippen LogP contribution in [0.3, 0.4) is 0 Å². The van der Waals surface area contributed by atoms with Gasteiger partial charge in [-0.05, 0) is 73.4 Å². The monoisotopic (exact) mass is 554 g/mol. The number of anilines is 1. The van der Waals surface area contributed by atoms with E-state index < -0.39 is 23.7 Å². The Morgan fingerprint density at radius 3 is 2.46 bits per heavy atom. The van der Waals surface area contributed by atoms with E-state index in [0.717, 1.165) is 27.9 Å². The van der Waals surface area contributed by atoms with Crippen molar-refractivity contribution in [3.63, 3.8) is 0 Å². The number of imide groups is 1. The molecular formula is C29H34N2O7S. The van der Waals surface area contributed by atoms with Gasteiger partial charge in [0.25, 0.3) is 17.1 Å². The summed E-state index contributed by atoms with van der Waals surface area (Å²) in [5.41, 5.74) is 2.36. The summed E-state index contributed by atoms with van der Waals surface area (Å²) in [6, 6.07) is 12.6. The largest absolute Gasteiger partial charge is 0.490 e. The molecule has 1 saturated heterocycles. The number of amides is 3. The molecule has 1 aliphatic heterocycles. The Balaban J connectivity index is 1.68. The molecule has 208 valence electrons. The number of hydrogen-bond donors (Lipinski definition) is 1. The first-order valence-electron chi connectivity index (χ1n) is 12.9. The summed E-state index contributed by atoms with van der Waals surface area (Å²) in [5, 5.41) is 2.35. The predicted molar refractivity (Wildman–Crippen MR) is 151 cm³/mol. The van der Waals surface area contributed by atoms with Gasteiger partial charge in [0.15, 0.2) is 18.1 Å². The molecule has 3 rings (SSSR count). The lowest BCUT2D eigenvalue weighted by Crippen LogP contribution is -2.35. The number of carbonyl (C=O) groups excluding carboxylic acids is 4. The number of carbonyl (C=O) groups is 4. The first kappa shape index (κ1) is 29.8. The summed E-state index contributed by atoms with van der Waals surface area (Å²) >= 11 is 0.751. The van der Waals surface area contributed by atoms with E-state index in [2.05, 4.69) is 19.2 Å². The Labute approximate surface area is 232 Å². The molecule has 10 heteroatoms. The molecule has 1 N–H and O–H groups in total. The van der Waals surface area contributed by atoms with Crippen molar-refractivity contribution in [2.45, 2.75) is 53.1 Å². The first-order valence-corrected chi connectivity index (χ1v) is 13.7. The molecule has 0 bridgehead atoms. The SMILES string of the molecule is CCOc1cc(/C=C2/SC(=O)N(CC(=O)O[C@@H](C)CC)C2=O)ccc1OCC(=O)Nc1ccccc1C(C)C. The highest BCUT2D eigenvalue weighted by Crippen LogP contribution is 2.35. The summed E-state index contributed by atoms with van der Waals surface area (Å²) in [6.07, 6.45) is 1.88. The molecule has 0 saturated carbocycles. The van der Waals surface area contributed by atoms with Crippen LogP contribution < -0.4 is 14.8 Å². The van der Waals surface area contributed by atoms with Crippen molar-refractivity contribution in [2.75, 3.05) is 25.1 Å². The molecule has 0 unspecified atom stereocenters. The number of para-hydroxylation sites is 1. The van der Waals surface area contributed by atoms with Gasteiger partial charge >= 0.3 is 5.97 Å². The van der Waals surface area contributed by atoms with Gasteiger partial charge in [-0.25, -0.2) is 0 Å². The molecule has 2 aromatic rings. The van der Waals surface area contributed by atoms with Crippen LogP contribution in [0.25, 0.3) is 6.08 Å². The van der Waals surface area contributed by atoms with Crippen molar-refractivity contribution in [1.29, 1.82) is 0 Å². The zero-order valence-electron chi connectivity index (χ0n) is 22.8. The Kier molecular flexibility index (Phi) is 10.6. The Morgan fingerprint density at radius 2 is 1.77 bits per heavy atom. The maximum absolute atomic E-state index is 12.8. The minimum atomic E-state index is -0.634. The van der Waals surface area contributed by atoms with Crippen LogP contribution in [0.4, 0.5) is 10.5 Å². The Morgan fingerprint density at radius 1 is 1.03 bits per heavy atom. The second-order valence-corrected chi connectivity index (χ2v) is 10.2. The zero-order chi connectivity index (χ0) is 28.5. The van der Waals surface area contributed by atoms with E-state index in [-0.39, 0.29) is 29.4 Å². The highest BCUT2D eigenvalue weighted by Gasteiger charge is 2.37. The fourth-order valence-electron chi connectivity index (χ4n) is 3.71. The number of nitrogens with zero attached hydrogens (tertiary/aromatic N) is 1. The van der Waals surface area contributed by atoms with Gasteiger partial charge in [0.05, 0.1) is 17.6 Å². The van der Waals surface area contributed by atoms with Crippen molar-refractivity contribution in [3.05, 3.63) is 58.5 Å². The van der Waals surface area contributed by atoms with Crippen molar-refractivity contribution in [3.8, 4) is 11.5 Å². The van der Waals surface area contributed by atoms with Crippen molar-refractivity contribution in [1.82, 2.24) is 4.90 Å². The Bertz CT molecular complexity index is 1260. The van der Waals surface area contributed by atoms with Gasteiger partial charge in [0.1, 0.15) is 6.54 Å². The third-order valence-corrected chi connectivity index (χ3v) is 6.76. The van der Waals surface area contributed by atoms with Crippen molar-refractivity contribution >= 4 is 46.5 Å². The summed E-state index contributed by atoms with van der Waals surface area (Å²) in [6.45, 7) is 9.23. The van der Waals surface area contributed by atoms with E-state index in [9.17, 15) is 19.2 Å². The molecule has 3 amide bonds. The van der Waals surface area contributed by atoms with Gasteiger partial charge < -0.3 is 19.5 Å². The minimum Gasteiger partial charge on any atom is -0.490 e. The first-order chi connectivity index (χ1) is 18.6. The molecule has 0 aliphatic carbocycles. The lowest BCUT2D eigenvalue weighted by molar-refractivity contribution is -0.150. The van der Waals surface area contributed by atoms with Gasteiger partial charge in [-0.1, -0.05) is 45.0 Å². The van der Waals surface area contributed by atoms with E-state index in [1.54, 1.807) is 31.2 Å². The molecule has 39 heavy (non-hydrogen) atoms. The molecule has 0 radical (unpaired) electrons. The number of benzene rings is 2. The van der Waals surface area contributed by atoms with Gasteiger partial charge in [0.2, 0.25) is 0 Å². The van der Waals surface area contributed by atoms with E-state index in [4.69, 9.17) is 14.2 Å². The summed E-state index contributed by atoms with van der Waals surface area (Å²) < 4.78 is 16.6. The predicted octanol–water partition coefficient (Wildman–Crippen LogP) is 5.60. The number of ether oxygens (including phenoxy) is 3. The highest BCUT2D eigenvalue weighted by molar-refractivity contribution is 8.18. The van der Waals surface area contributed by atoms with Crippen LogP contribution in [0, 0.1) is 0 Å². The van der Waals surface area contributed by atoms with Gasteiger partial charge in [-0.2, -0.15) is 0 Å². The standard InChI is InChI=1S/C29H34N2O7S/c1-6-19(5)38-27(33)16-31-28(34)25(39-29(31)35)15-20-12-13-23(24(14-20)36-7-2)37-17-26(32)30-22-11-9-8-10-21(22)18(3)4/h8-15,18-19H,6-7,16-17H2,1-5H3,(H,30,32)/b25-15+/t19-/m0/s1. The number of hydrogen-bond acceptors (Lipinski definition) is 8. The average molecular weight is 555 g/mol. The lowest BCUT2D eigenvalue weighted by Gasteiger charge is -2.15. The van der Waals surface area contributed by atoms with Crippen LogP contribution in [0.15, 0.2) is 47.4 Å². The molecule has 1 aliphatic rings. The van der Waals surface area contributed by atoms with E-state index in [0.29, 0.717) is 30.1 Å². The molecule has 0 aromatic heterocycles. The van der Waals surface area contributed by atoms with Crippen LogP contribution >= 0.6 is 11.8 Å². The summed E-state index contributed by atoms with van der Waals surface area (Å²) in [4.78, 5) is 50.9. The topological polar surface area (TPSA) is 111 Å². The van der Waals surface area contributed by atoms with Crippen molar-refractivity contribution in [2.24, 2.45) is 0 Å². The number of nitrogens with one attached hydrogen (secondary N) is 1. The molecule has 1 atom stereocenters. The van der Waals surface area contributed by atoms with Crippen LogP contribution in [0.2, 0.25) is 0 Å². The van der Waals surface area contributed by atoms with Gasteiger partial charge in [-0.15, -0.1) is 0 Å². The number of thioether (sulfide) groups is 1. The van der Waals surface area contributed by atoms with Crippen molar-refractivity contribution < 1.29 is 33.4 Å². The smallest absolute Gasteiger partial charge is 0.326 e. The minimum absolute atomic E-state index is 0.177. The quantitative estimate of drug-likeness (QED) is 0.266. The summed E-state index contributed by atoms with van der Waals surface area (Å²) in [7, 11) is 0. The maximum Gasteiger partial charge on any atom is 0.326 e. The number of rotatable bonds is 12. The fraction of sp³-hybridized carbons (Fsp3) is 0.379. The maximum atomic E-state index is 12.8. The van der Waals surface area contributed by atoms with Crippen LogP contribution in [0.5, 0.6) is 11.5 Å². The molecule has 2 aromatic carbocycles. The second-order valence-electron chi connectivity index (χ2n) is 9.19. The van der Waals surface area contributed by atoms with E-state index in [1.807, 2.05) is 38.1 Å². The lowest BCUT2D eigenvalue weighted by atomic mass is 10.0. The average Bonchev–Trinajstić information content (AvgIpc) is 3.15. The third kappa shape index (κ3) is 8.10. The zero-order valence-corrected chi connectivity index (χ0v) is 23.6. The normalized spacial score (nSPS) is 15.0. The van der Waals surface area contributed by atoms with Gasteiger partial charge in [0, 0.05) is 5.69 Å². The highest BCUT2D eigenvalue weighted by atomic mass is 32.2. The molecular weight excluding hydrogens is 520 g/mol. The van der Waals surface area contributed by atoms with E-state index in [1.165, 1.54) is 0 Å². The van der Waals surface area contributed by atoms with Crippen LogP contribution in [0.1, 0.15) is 58.1 Å².